The Bertz CT molecular complexity index is 998. The summed E-state index contributed by atoms with van der Waals surface area (Å²) in [4.78, 5) is 5.97. The minimum Gasteiger partial charge on any atom is -0.510 e. The highest BCUT2D eigenvalue weighted by Gasteiger charge is 2.44. The molecule has 3 N–H and O–H groups in total. The number of sulfone groups is 1. The fourth-order valence-corrected chi connectivity index (χ4v) is 6.04. The Morgan fingerprint density at radius 3 is 2.62 bits per heavy atom. The lowest BCUT2D eigenvalue weighted by molar-refractivity contribution is 0.124. The van der Waals surface area contributed by atoms with E-state index in [4.69, 9.17) is 5.41 Å². The van der Waals surface area contributed by atoms with E-state index in [-0.39, 0.29) is 29.6 Å². The zero-order valence-electron chi connectivity index (χ0n) is 13.7. The molecule has 0 bridgehead atoms. The summed E-state index contributed by atoms with van der Waals surface area (Å²) in [6, 6.07) is 8.87. The minimum atomic E-state index is -3.34. The second-order valence-corrected chi connectivity index (χ2v) is 9.43. The molecular weight excluding hydrogens is 374 g/mol. The zero-order chi connectivity index (χ0) is 18.5. The predicted molar refractivity (Wildman–Crippen MR) is 100.0 cm³/mol. The highest BCUT2D eigenvalue weighted by Crippen LogP contribution is 2.34. The molecule has 2 atom stereocenters. The Kier molecular flexibility index (Phi) is 4.09. The van der Waals surface area contributed by atoms with Gasteiger partial charge in [0, 0.05) is 10.9 Å². The Hall–Kier alpha value is -2.23. The van der Waals surface area contributed by atoms with Crippen molar-refractivity contribution in [3.8, 4) is 11.3 Å². The maximum Gasteiger partial charge on any atom is 0.155 e. The number of aliphatic hydroxyl groups excluding tert-OH is 2. The molecule has 1 fully saturated rings. The Morgan fingerprint density at radius 1 is 1.23 bits per heavy atom. The first kappa shape index (κ1) is 17.2. The molecule has 1 aromatic carbocycles. The Morgan fingerprint density at radius 2 is 1.96 bits per heavy atom. The SMILES string of the molecule is N=C1C(c2nc(-c3ccccc3)cs2)=C(O)CN1[C@H]1CS(=O)(=O)C[C@@H]1O. The number of hydrogen-bond acceptors (Lipinski definition) is 7. The first-order chi connectivity index (χ1) is 12.4. The molecule has 2 aromatic rings. The summed E-state index contributed by atoms with van der Waals surface area (Å²) in [5, 5.41) is 31.2. The van der Waals surface area contributed by atoms with Crippen LogP contribution in [0.1, 0.15) is 5.01 Å². The third kappa shape index (κ3) is 2.91. The number of aliphatic hydroxyl groups is 2. The van der Waals surface area contributed by atoms with Gasteiger partial charge in [-0.15, -0.1) is 11.3 Å². The van der Waals surface area contributed by atoms with Crippen molar-refractivity contribution in [1.29, 1.82) is 5.41 Å². The second-order valence-electron chi connectivity index (χ2n) is 6.41. The van der Waals surface area contributed by atoms with Crippen molar-refractivity contribution in [2.24, 2.45) is 0 Å². The molecule has 26 heavy (non-hydrogen) atoms. The van der Waals surface area contributed by atoms with Gasteiger partial charge in [0.25, 0.3) is 0 Å². The van der Waals surface area contributed by atoms with Gasteiger partial charge in [-0.1, -0.05) is 30.3 Å². The molecule has 136 valence electrons. The molecule has 3 heterocycles. The predicted octanol–water partition coefficient (Wildman–Crippen LogP) is 1.53. The number of nitrogens with one attached hydrogen (secondary N) is 1. The van der Waals surface area contributed by atoms with Crippen LogP contribution in [0, 0.1) is 5.41 Å². The van der Waals surface area contributed by atoms with Gasteiger partial charge in [0.05, 0.1) is 41.5 Å². The highest BCUT2D eigenvalue weighted by molar-refractivity contribution is 7.91. The lowest BCUT2D eigenvalue weighted by Gasteiger charge is -2.27. The monoisotopic (exact) mass is 391 g/mol. The average Bonchev–Trinajstić information content (AvgIpc) is 3.25. The van der Waals surface area contributed by atoms with Crippen LogP contribution < -0.4 is 0 Å². The average molecular weight is 391 g/mol. The smallest absolute Gasteiger partial charge is 0.155 e. The molecule has 0 amide bonds. The molecule has 0 radical (unpaired) electrons. The molecule has 0 saturated carbocycles. The van der Waals surface area contributed by atoms with E-state index in [0.29, 0.717) is 10.6 Å². The second kappa shape index (κ2) is 6.19. The number of aromatic nitrogens is 1. The molecule has 0 unspecified atom stereocenters. The van der Waals surface area contributed by atoms with Crippen molar-refractivity contribution in [1.82, 2.24) is 9.88 Å². The van der Waals surface area contributed by atoms with Crippen LogP contribution >= 0.6 is 11.3 Å². The maximum atomic E-state index is 11.8. The first-order valence-electron chi connectivity index (χ1n) is 8.03. The molecule has 4 rings (SSSR count). The number of thiazole rings is 1. The van der Waals surface area contributed by atoms with Crippen LogP contribution in [0.3, 0.4) is 0 Å². The van der Waals surface area contributed by atoms with Crippen LogP contribution in [-0.4, -0.2) is 64.5 Å². The quantitative estimate of drug-likeness (QED) is 0.731. The highest BCUT2D eigenvalue weighted by atomic mass is 32.2. The van der Waals surface area contributed by atoms with Gasteiger partial charge in [0.1, 0.15) is 16.6 Å². The lowest BCUT2D eigenvalue weighted by atomic mass is 10.1. The lowest BCUT2D eigenvalue weighted by Crippen LogP contribution is -2.44. The van der Waals surface area contributed by atoms with E-state index >= 15 is 0 Å². The third-order valence-electron chi connectivity index (χ3n) is 4.61. The van der Waals surface area contributed by atoms with Gasteiger partial charge in [0.2, 0.25) is 0 Å². The normalized spacial score (nSPS) is 25.3. The van der Waals surface area contributed by atoms with Crippen molar-refractivity contribution >= 4 is 32.6 Å². The van der Waals surface area contributed by atoms with Gasteiger partial charge in [-0.05, 0) is 0 Å². The molecule has 2 aliphatic rings. The van der Waals surface area contributed by atoms with E-state index in [1.807, 2.05) is 35.7 Å². The van der Waals surface area contributed by atoms with Crippen LogP contribution in [0.2, 0.25) is 0 Å². The molecular formula is C17H17N3O4S2. The Labute approximate surface area is 154 Å². The van der Waals surface area contributed by atoms with Crippen molar-refractivity contribution in [2.75, 3.05) is 18.1 Å². The summed E-state index contributed by atoms with van der Waals surface area (Å²) in [5.74, 6) is -0.560. The standard InChI is InChI=1S/C17H17N3O4S2/c18-16-15(17-19-11(7-25-17)10-4-2-1-3-5-10)13(21)6-20(16)12-8-26(23,24)9-14(12)22/h1-5,7,12,14,18,21-22H,6,8-9H2/t12-,14-/m0/s1. The van der Waals surface area contributed by atoms with Crippen molar-refractivity contribution in [3.05, 3.63) is 46.5 Å². The molecule has 0 spiro atoms. The van der Waals surface area contributed by atoms with E-state index in [0.717, 1.165) is 11.3 Å². The first-order valence-corrected chi connectivity index (χ1v) is 10.7. The number of hydrogen-bond donors (Lipinski definition) is 3. The fourth-order valence-electron chi connectivity index (χ4n) is 3.35. The summed E-state index contributed by atoms with van der Waals surface area (Å²) < 4.78 is 23.5. The van der Waals surface area contributed by atoms with E-state index in [1.165, 1.54) is 16.2 Å². The van der Waals surface area contributed by atoms with Gasteiger partial charge in [0.15, 0.2) is 9.84 Å². The van der Waals surface area contributed by atoms with Gasteiger partial charge in [-0.2, -0.15) is 0 Å². The summed E-state index contributed by atoms with van der Waals surface area (Å²) in [7, 11) is -3.34. The summed E-state index contributed by atoms with van der Waals surface area (Å²) in [6.07, 6.45) is -1.07. The van der Waals surface area contributed by atoms with Gasteiger partial charge >= 0.3 is 0 Å². The van der Waals surface area contributed by atoms with Gasteiger partial charge in [-0.25, -0.2) is 13.4 Å². The summed E-state index contributed by atoms with van der Waals surface area (Å²) >= 11 is 1.32. The van der Waals surface area contributed by atoms with Crippen molar-refractivity contribution in [3.63, 3.8) is 0 Å². The van der Waals surface area contributed by atoms with Gasteiger partial charge in [-0.3, -0.25) is 5.41 Å². The van der Waals surface area contributed by atoms with Gasteiger partial charge < -0.3 is 15.1 Å². The fraction of sp³-hybridized carbons (Fsp3) is 0.294. The molecule has 0 aliphatic carbocycles. The van der Waals surface area contributed by atoms with E-state index < -0.39 is 22.0 Å². The van der Waals surface area contributed by atoms with Crippen molar-refractivity contribution < 1.29 is 18.6 Å². The largest absolute Gasteiger partial charge is 0.510 e. The molecule has 7 nitrogen and oxygen atoms in total. The van der Waals surface area contributed by atoms with Crippen LogP contribution in [0.4, 0.5) is 0 Å². The van der Waals surface area contributed by atoms with Crippen LogP contribution in [-0.2, 0) is 9.84 Å². The molecule has 9 heteroatoms. The molecule has 1 saturated heterocycles. The maximum absolute atomic E-state index is 11.8. The van der Waals surface area contributed by atoms with E-state index in [1.54, 1.807) is 0 Å². The molecule has 1 aromatic heterocycles. The molecule has 2 aliphatic heterocycles. The Balaban J connectivity index is 1.61. The number of amidine groups is 1. The summed E-state index contributed by atoms with van der Waals surface area (Å²) in [6.45, 7) is 0.00562. The van der Waals surface area contributed by atoms with Crippen molar-refractivity contribution in [2.45, 2.75) is 12.1 Å². The van der Waals surface area contributed by atoms with Crippen LogP contribution in [0.15, 0.2) is 41.5 Å². The van der Waals surface area contributed by atoms with E-state index in [2.05, 4.69) is 4.98 Å². The number of benzene rings is 1. The zero-order valence-corrected chi connectivity index (χ0v) is 15.3. The third-order valence-corrected chi connectivity index (χ3v) is 7.17. The minimum absolute atomic E-state index is 0.00221. The topological polar surface area (TPSA) is 115 Å². The van der Waals surface area contributed by atoms with Crippen LogP contribution in [0.25, 0.3) is 16.8 Å². The number of rotatable bonds is 3. The summed E-state index contributed by atoms with van der Waals surface area (Å²) in [5.41, 5.74) is 1.99. The number of nitrogens with zero attached hydrogens (tertiary/aromatic N) is 2. The van der Waals surface area contributed by atoms with Crippen LogP contribution in [0.5, 0.6) is 0 Å². The van der Waals surface area contributed by atoms with E-state index in [9.17, 15) is 18.6 Å².